The molecule has 0 aliphatic heterocycles. The number of H-pyrrole nitrogens is 1. The number of ketones is 1. The van der Waals surface area contributed by atoms with E-state index in [2.05, 4.69) is 4.98 Å². The van der Waals surface area contributed by atoms with Crippen LogP contribution in [0.15, 0.2) is 85.1 Å². The van der Waals surface area contributed by atoms with Crippen molar-refractivity contribution in [2.45, 2.75) is 6.10 Å². The number of carbonyl (C=O) groups excluding carboxylic acids is 2. The van der Waals surface area contributed by atoms with Crippen molar-refractivity contribution in [1.82, 2.24) is 4.98 Å². The number of fused-ring (bicyclic) bond motifs is 1. The fourth-order valence-electron chi connectivity index (χ4n) is 3.59. The Kier molecular flexibility index (Phi) is 6.55. The Balaban J connectivity index is 1.61. The molecule has 0 aliphatic carbocycles. The van der Waals surface area contributed by atoms with Crippen LogP contribution in [0, 0.1) is 0 Å². The Morgan fingerprint density at radius 2 is 1.67 bits per heavy atom. The molecular weight excluding hydrogens is 418 g/mol. The zero-order chi connectivity index (χ0) is 23.2. The van der Waals surface area contributed by atoms with Gasteiger partial charge < -0.3 is 19.2 Å². The van der Waals surface area contributed by atoms with Gasteiger partial charge in [0.05, 0.1) is 14.2 Å². The second-order valence-corrected chi connectivity index (χ2v) is 7.28. The second-order valence-electron chi connectivity index (χ2n) is 7.28. The molecule has 0 radical (unpaired) electrons. The van der Waals surface area contributed by atoms with Crippen molar-refractivity contribution in [3.05, 3.63) is 102 Å². The van der Waals surface area contributed by atoms with Crippen LogP contribution in [0.5, 0.6) is 11.5 Å². The number of carbonyl (C=O) groups is 2. The van der Waals surface area contributed by atoms with Crippen LogP contribution < -0.4 is 9.47 Å². The number of ether oxygens (including phenoxy) is 3. The van der Waals surface area contributed by atoms with Crippen molar-refractivity contribution in [3.63, 3.8) is 0 Å². The normalized spacial score (nSPS) is 11.9. The molecule has 166 valence electrons. The molecule has 0 saturated heterocycles. The molecule has 6 heteroatoms. The predicted octanol–water partition coefficient (Wildman–Crippen LogP) is 5.37. The second kappa shape index (κ2) is 9.87. The smallest absolute Gasteiger partial charge is 0.331 e. The summed E-state index contributed by atoms with van der Waals surface area (Å²) in [6, 6.07) is 21.7. The first-order chi connectivity index (χ1) is 16.1. The van der Waals surface area contributed by atoms with Crippen molar-refractivity contribution in [2.75, 3.05) is 14.2 Å². The Bertz CT molecular complexity index is 1310. The number of hydrogen-bond acceptors (Lipinski definition) is 5. The quantitative estimate of drug-likeness (QED) is 0.226. The molecule has 1 atom stereocenters. The first-order valence-corrected chi connectivity index (χ1v) is 10.4. The molecule has 1 N–H and O–H groups in total. The van der Waals surface area contributed by atoms with Gasteiger partial charge >= 0.3 is 5.97 Å². The van der Waals surface area contributed by atoms with Crippen LogP contribution in [0.1, 0.15) is 27.6 Å². The zero-order valence-electron chi connectivity index (χ0n) is 18.3. The minimum atomic E-state index is -1.08. The molecular formula is C27H23NO5. The van der Waals surface area contributed by atoms with E-state index in [1.165, 1.54) is 13.2 Å². The summed E-state index contributed by atoms with van der Waals surface area (Å²) >= 11 is 0. The van der Waals surface area contributed by atoms with E-state index in [0.29, 0.717) is 28.2 Å². The molecule has 1 aromatic heterocycles. The van der Waals surface area contributed by atoms with E-state index < -0.39 is 12.1 Å². The van der Waals surface area contributed by atoms with Gasteiger partial charge in [-0.25, -0.2) is 4.79 Å². The van der Waals surface area contributed by atoms with Crippen LogP contribution in [0.3, 0.4) is 0 Å². The molecule has 0 spiro atoms. The number of hydrogen-bond donors (Lipinski definition) is 1. The third-order valence-electron chi connectivity index (χ3n) is 5.27. The van der Waals surface area contributed by atoms with Gasteiger partial charge in [-0.2, -0.15) is 0 Å². The highest BCUT2D eigenvalue weighted by molar-refractivity contribution is 6.10. The highest BCUT2D eigenvalue weighted by atomic mass is 16.5. The van der Waals surface area contributed by atoms with Crippen molar-refractivity contribution < 1.29 is 23.8 Å². The third kappa shape index (κ3) is 4.80. The minimum Gasteiger partial charge on any atom is -0.497 e. The summed E-state index contributed by atoms with van der Waals surface area (Å²) in [5.41, 5.74) is 2.57. The van der Waals surface area contributed by atoms with Gasteiger partial charge in [-0.1, -0.05) is 48.5 Å². The summed E-state index contributed by atoms with van der Waals surface area (Å²) < 4.78 is 16.2. The van der Waals surface area contributed by atoms with Crippen LogP contribution >= 0.6 is 0 Å². The lowest BCUT2D eigenvalue weighted by atomic mass is 9.99. The Morgan fingerprint density at radius 1 is 0.909 bits per heavy atom. The third-order valence-corrected chi connectivity index (χ3v) is 5.27. The lowest BCUT2D eigenvalue weighted by Crippen LogP contribution is -2.19. The average molecular weight is 441 g/mol. The number of esters is 1. The van der Waals surface area contributed by atoms with Crippen LogP contribution in [-0.4, -0.2) is 31.0 Å². The van der Waals surface area contributed by atoms with Gasteiger partial charge in [-0.15, -0.1) is 0 Å². The summed E-state index contributed by atoms with van der Waals surface area (Å²) in [6.07, 6.45) is 3.43. The summed E-state index contributed by atoms with van der Waals surface area (Å²) in [5.74, 6) is 0.241. The van der Waals surface area contributed by atoms with E-state index in [4.69, 9.17) is 14.2 Å². The fraction of sp³-hybridized carbons (Fsp3) is 0.111. The molecule has 0 aliphatic rings. The maximum absolute atomic E-state index is 13.4. The van der Waals surface area contributed by atoms with Crippen LogP contribution in [-0.2, 0) is 9.53 Å². The maximum Gasteiger partial charge on any atom is 0.331 e. The van der Waals surface area contributed by atoms with E-state index in [1.54, 1.807) is 61.8 Å². The highest BCUT2D eigenvalue weighted by Crippen LogP contribution is 2.28. The molecule has 0 fully saturated rings. The summed E-state index contributed by atoms with van der Waals surface area (Å²) in [5, 5.41) is 0.776. The van der Waals surface area contributed by atoms with E-state index in [0.717, 1.165) is 10.9 Å². The Morgan fingerprint density at radius 3 is 2.42 bits per heavy atom. The molecule has 0 unspecified atom stereocenters. The largest absolute Gasteiger partial charge is 0.497 e. The number of Topliss-reactive ketones (excluding diaryl/α,β-unsaturated/α-hetero) is 1. The number of nitrogens with one attached hydrogen (secondary N) is 1. The molecule has 0 bridgehead atoms. The van der Waals surface area contributed by atoms with Crippen LogP contribution in [0.4, 0.5) is 0 Å². The van der Waals surface area contributed by atoms with Gasteiger partial charge in [-0.05, 0) is 24.3 Å². The van der Waals surface area contributed by atoms with Gasteiger partial charge in [-0.3, -0.25) is 4.79 Å². The minimum absolute atomic E-state index is 0.303. The van der Waals surface area contributed by atoms with E-state index >= 15 is 0 Å². The van der Waals surface area contributed by atoms with Crippen LogP contribution in [0.2, 0.25) is 0 Å². The zero-order valence-corrected chi connectivity index (χ0v) is 18.3. The molecule has 4 aromatic rings. The molecule has 3 aromatic carbocycles. The molecule has 0 saturated carbocycles. The predicted molar refractivity (Wildman–Crippen MR) is 126 cm³/mol. The Labute approximate surface area is 191 Å². The van der Waals surface area contributed by atoms with E-state index in [1.807, 2.05) is 30.3 Å². The van der Waals surface area contributed by atoms with E-state index in [9.17, 15) is 9.59 Å². The summed E-state index contributed by atoms with van der Waals surface area (Å²) in [6.45, 7) is 0. The number of benzene rings is 3. The fourth-order valence-corrected chi connectivity index (χ4v) is 3.59. The molecule has 33 heavy (non-hydrogen) atoms. The summed E-state index contributed by atoms with van der Waals surface area (Å²) in [7, 11) is 3.10. The number of aromatic nitrogens is 1. The number of para-hydroxylation sites is 1. The van der Waals surface area contributed by atoms with Crippen LogP contribution in [0.25, 0.3) is 17.0 Å². The molecule has 1 heterocycles. The Hall–Kier alpha value is -4.32. The average Bonchev–Trinajstić information content (AvgIpc) is 3.30. The van der Waals surface area contributed by atoms with Crippen molar-refractivity contribution in [1.29, 1.82) is 0 Å². The maximum atomic E-state index is 13.4. The summed E-state index contributed by atoms with van der Waals surface area (Å²) in [4.78, 5) is 29.3. The molecule has 0 amide bonds. The van der Waals surface area contributed by atoms with Crippen molar-refractivity contribution in [2.24, 2.45) is 0 Å². The monoisotopic (exact) mass is 441 g/mol. The van der Waals surface area contributed by atoms with Gasteiger partial charge in [0.15, 0.2) is 6.10 Å². The van der Waals surface area contributed by atoms with Gasteiger partial charge in [0.25, 0.3) is 0 Å². The lowest BCUT2D eigenvalue weighted by Gasteiger charge is -2.16. The van der Waals surface area contributed by atoms with E-state index in [-0.39, 0.29) is 5.78 Å². The van der Waals surface area contributed by atoms with Crippen molar-refractivity contribution >= 4 is 28.7 Å². The number of rotatable bonds is 8. The molecule has 4 rings (SSSR count). The first kappa shape index (κ1) is 21.9. The number of methoxy groups -OCH3 is 2. The van der Waals surface area contributed by atoms with Crippen molar-refractivity contribution in [3.8, 4) is 11.5 Å². The first-order valence-electron chi connectivity index (χ1n) is 10.4. The molecule has 6 nitrogen and oxygen atoms in total. The lowest BCUT2D eigenvalue weighted by molar-refractivity contribution is -0.141. The van der Waals surface area contributed by atoms with Gasteiger partial charge in [0.2, 0.25) is 5.78 Å². The van der Waals surface area contributed by atoms with Gasteiger partial charge in [0.1, 0.15) is 11.5 Å². The standard InChI is InChI=1S/C27H23NO5/c1-31-20-14-12-18(24(16-20)32-2)13-15-25(29)33-27(19-8-4-3-5-9-19)26(30)22-17-28-23-11-7-6-10-21(22)23/h3-17,27-28H,1-2H3/b15-13+/t27-/m0/s1. The number of aromatic amines is 1. The van der Waals surface area contributed by atoms with Gasteiger partial charge in [0, 0.05) is 45.9 Å². The topological polar surface area (TPSA) is 77.6 Å². The highest BCUT2D eigenvalue weighted by Gasteiger charge is 2.27. The SMILES string of the molecule is COc1ccc(/C=C/C(=O)O[C@H](C(=O)c2c[nH]c3ccccc23)c2ccccc2)c(OC)c1.